The van der Waals surface area contributed by atoms with Crippen molar-refractivity contribution >= 4 is 11.0 Å². The molecular formula is C23H27N5. The van der Waals surface area contributed by atoms with Gasteiger partial charge in [-0.05, 0) is 55.9 Å². The number of aromatic amines is 1. The molecule has 0 radical (unpaired) electrons. The van der Waals surface area contributed by atoms with Crippen LogP contribution >= 0.6 is 0 Å². The largest absolute Gasteiger partial charge is 0.341 e. The first kappa shape index (κ1) is 17.6. The van der Waals surface area contributed by atoms with E-state index >= 15 is 0 Å². The Hall–Kier alpha value is -2.50. The van der Waals surface area contributed by atoms with Gasteiger partial charge in [-0.3, -0.25) is 9.88 Å². The van der Waals surface area contributed by atoms with E-state index in [0.29, 0.717) is 12.1 Å². The second-order valence-electron chi connectivity index (χ2n) is 8.02. The fourth-order valence-electron chi connectivity index (χ4n) is 4.72. The van der Waals surface area contributed by atoms with Crippen LogP contribution in [-0.4, -0.2) is 31.9 Å². The molecule has 2 aliphatic rings. The normalized spacial score (nSPS) is 24.6. The van der Waals surface area contributed by atoms with Crippen molar-refractivity contribution in [2.24, 2.45) is 5.73 Å². The van der Waals surface area contributed by atoms with E-state index in [1.54, 1.807) is 0 Å². The summed E-state index contributed by atoms with van der Waals surface area (Å²) in [7, 11) is 0. The molecule has 0 fully saturated rings. The molecule has 28 heavy (non-hydrogen) atoms. The molecule has 0 aliphatic heterocycles. The summed E-state index contributed by atoms with van der Waals surface area (Å²) in [5, 5.41) is 0. The Kier molecular flexibility index (Phi) is 4.71. The number of H-pyrrole nitrogens is 1. The number of aromatic nitrogens is 3. The molecule has 5 heteroatoms. The molecule has 2 aromatic heterocycles. The maximum atomic E-state index is 6.12. The van der Waals surface area contributed by atoms with Gasteiger partial charge in [-0.1, -0.05) is 30.4 Å². The number of rotatable bonds is 4. The zero-order valence-electron chi connectivity index (χ0n) is 16.1. The minimum atomic E-state index is 0.182. The molecule has 2 aliphatic carbocycles. The maximum Gasteiger partial charge on any atom is 0.121 e. The van der Waals surface area contributed by atoms with Crippen LogP contribution in [0.3, 0.4) is 0 Å². The summed E-state index contributed by atoms with van der Waals surface area (Å²) in [4.78, 5) is 15.7. The van der Waals surface area contributed by atoms with Crippen LogP contribution in [0.1, 0.15) is 48.8 Å². The molecule has 1 aromatic carbocycles. The molecule has 3 N–H and O–H groups in total. The molecule has 5 rings (SSSR count). The summed E-state index contributed by atoms with van der Waals surface area (Å²) in [6.45, 7) is 0.791. The molecule has 3 aromatic rings. The third-order valence-corrected chi connectivity index (χ3v) is 6.14. The zero-order valence-corrected chi connectivity index (χ0v) is 16.1. The number of aryl methyl sites for hydroxylation is 1. The SMILES string of the molecule is N[C@H]1C=C[C@H](N(Cc2nc3ccccc3[nH]2)[C@@H]2CCCc3cccnc32)CC1. The lowest BCUT2D eigenvalue weighted by Crippen LogP contribution is -2.41. The van der Waals surface area contributed by atoms with Crippen LogP contribution in [0.2, 0.25) is 0 Å². The molecule has 0 unspecified atom stereocenters. The van der Waals surface area contributed by atoms with E-state index in [-0.39, 0.29) is 6.04 Å². The molecule has 2 heterocycles. The Morgan fingerprint density at radius 3 is 2.86 bits per heavy atom. The van der Waals surface area contributed by atoms with Crippen LogP contribution in [0.4, 0.5) is 0 Å². The molecule has 0 amide bonds. The molecular weight excluding hydrogens is 346 g/mol. The van der Waals surface area contributed by atoms with Gasteiger partial charge in [0.15, 0.2) is 0 Å². The van der Waals surface area contributed by atoms with Gasteiger partial charge in [-0.2, -0.15) is 0 Å². The third-order valence-electron chi connectivity index (χ3n) is 6.14. The quantitative estimate of drug-likeness (QED) is 0.681. The van der Waals surface area contributed by atoms with Gasteiger partial charge in [0.25, 0.3) is 0 Å². The zero-order chi connectivity index (χ0) is 18.9. The van der Waals surface area contributed by atoms with E-state index in [9.17, 15) is 0 Å². The van der Waals surface area contributed by atoms with E-state index in [1.165, 1.54) is 17.7 Å². The molecule has 144 valence electrons. The number of pyridine rings is 1. The van der Waals surface area contributed by atoms with E-state index in [0.717, 1.165) is 49.1 Å². The summed E-state index contributed by atoms with van der Waals surface area (Å²) >= 11 is 0. The van der Waals surface area contributed by atoms with Gasteiger partial charge in [-0.25, -0.2) is 4.98 Å². The Labute approximate surface area is 165 Å². The maximum absolute atomic E-state index is 6.12. The minimum absolute atomic E-state index is 0.182. The van der Waals surface area contributed by atoms with Gasteiger partial charge in [0.2, 0.25) is 0 Å². The monoisotopic (exact) mass is 373 g/mol. The fourth-order valence-corrected chi connectivity index (χ4v) is 4.72. The summed E-state index contributed by atoms with van der Waals surface area (Å²) in [5.41, 5.74) is 10.9. The lowest BCUT2D eigenvalue weighted by Gasteiger charge is -2.40. The van der Waals surface area contributed by atoms with Gasteiger partial charge in [0.05, 0.1) is 29.3 Å². The predicted octanol–water partition coefficient (Wildman–Crippen LogP) is 3.88. The Morgan fingerprint density at radius 2 is 2.00 bits per heavy atom. The Morgan fingerprint density at radius 1 is 1.07 bits per heavy atom. The first-order chi connectivity index (χ1) is 13.8. The highest BCUT2D eigenvalue weighted by Gasteiger charge is 2.32. The van der Waals surface area contributed by atoms with E-state index in [1.807, 2.05) is 12.3 Å². The topological polar surface area (TPSA) is 70.8 Å². The highest BCUT2D eigenvalue weighted by Crippen LogP contribution is 2.36. The third kappa shape index (κ3) is 3.36. The van der Waals surface area contributed by atoms with Crippen molar-refractivity contribution in [3.8, 4) is 0 Å². The highest BCUT2D eigenvalue weighted by molar-refractivity contribution is 5.74. The molecule has 3 atom stereocenters. The summed E-state index contributed by atoms with van der Waals surface area (Å²) in [6, 6.07) is 13.4. The van der Waals surface area contributed by atoms with E-state index in [4.69, 9.17) is 15.7 Å². The van der Waals surface area contributed by atoms with Gasteiger partial charge < -0.3 is 10.7 Å². The van der Waals surface area contributed by atoms with Crippen LogP contribution in [0.5, 0.6) is 0 Å². The first-order valence-electron chi connectivity index (χ1n) is 10.3. The van der Waals surface area contributed by atoms with Gasteiger partial charge >= 0.3 is 0 Å². The van der Waals surface area contributed by atoms with Crippen molar-refractivity contribution < 1.29 is 0 Å². The molecule has 0 spiro atoms. The standard InChI is InChI=1S/C23H27N5/c24-17-10-12-18(13-11-17)28(15-22-26-19-7-1-2-8-20(19)27-22)21-9-3-5-16-6-4-14-25-23(16)21/h1-2,4,6-8,10,12,14,17-18,21H,3,5,9,11,13,15,24H2,(H,26,27)/t17-,18-,21+/m0/s1. The number of imidazole rings is 1. The fraction of sp³-hybridized carbons (Fsp3) is 0.391. The first-order valence-corrected chi connectivity index (χ1v) is 10.3. The number of nitrogens with one attached hydrogen (secondary N) is 1. The van der Waals surface area contributed by atoms with Gasteiger partial charge in [0, 0.05) is 18.3 Å². The van der Waals surface area contributed by atoms with Crippen LogP contribution in [0.25, 0.3) is 11.0 Å². The Bertz CT molecular complexity index is 958. The summed E-state index contributed by atoms with van der Waals surface area (Å²) < 4.78 is 0. The number of hydrogen-bond acceptors (Lipinski definition) is 4. The molecule has 0 bridgehead atoms. The lowest BCUT2D eigenvalue weighted by atomic mass is 9.88. The number of nitrogens with zero attached hydrogens (tertiary/aromatic N) is 3. The van der Waals surface area contributed by atoms with E-state index < -0.39 is 0 Å². The predicted molar refractivity (Wildman–Crippen MR) is 112 cm³/mol. The number of para-hydroxylation sites is 2. The van der Waals surface area contributed by atoms with Crippen molar-refractivity contribution in [1.82, 2.24) is 19.9 Å². The second-order valence-corrected chi connectivity index (χ2v) is 8.02. The van der Waals surface area contributed by atoms with Crippen LogP contribution in [0, 0.1) is 0 Å². The molecule has 5 nitrogen and oxygen atoms in total. The van der Waals surface area contributed by atoms with Crippen molar-refractivity contribution in [1.29, 1.82) is 0 Å². The smallest absolute Gasteiger partial charge is 0.121 e. The summed E-state index contributed by atoms with van der Waals surface area (Å²) in [6.07, 6.45) is 12.0. The van der Waals surface area contributed by atoms with Crippen LogP contribution in [-0.2, 0) is 13.0 Å². The minimum Gasteiger partial charge on any atom is -0.341 e. The van der Waals surface area contributed by atoms with Crippen molar-refractivity contribution in [3.63, 3.8) is 0 Å². The number of nitrogens with two attached hydrogens (primary N) is 1. The molecule has 0 saturated carbocycles. The molecule has 0 saturated heterocycles. The van der Waals surface area contributed by atoms with Gasteiger partial charge in [0.1, 0.15) is 5.82 Å². The summed E-state index contributed by atoms with van der Waals surface area (Å²) in [5.74, 6) is 1.02. The van der Waals surface area contributed by atoms with E-state index in [2.05, 4.69) is 52.4 Å². The van der Waals surface area contributed by atoms with Crippen molar-refractivity contribution in [3.05, 3.63) is 71.8 Å². The second kappa shape index (κ2) is 7.49. The number of benzene rings is 1. The average molecular weight is 374 g/mol. The lowest BCUT2D eigenvalue weighted by molar-refractivity contribution is 0.118. The highest BCUT2D eigenvalue weighted by atomic mass is 15.2. The average Bonchev–Trinajstić information content (AvgIpc) is 3.15. The van der Waals surface area contributed by atoms with Crippen molar-refractivity contribution in [2.45, 2.75) is 56.8 Å². The number of fused-ring (bicyclic) bond motifs is 2. The van der Waals surface area contributed by atoms with Crippen molar-refractivity contribution in [2.75, 3.05) is 0 Å². The van der Waals surface area contributed by atoms with Crippen LogP contribution < -0.4 is 5.73 Å². The Balaban J connectivity index is 1.51. The van der Waals surface area contributed by atoms with Crippen LogP contribution in [0.15, 0.2) is 54.7 Å². The van der Waals surface area contributed by atoms with Gasteiger partial charge in [-0.15, -0.1) is 0 Å². The number of hydrogen-bond donors (Lipinski definition) is 2.